The first-order valence-electron chi connectivity index (χ1n) is 10.6. The fourth-order valence-electron chi connectivity index (χ4n) is 5.75. The van der Waals surface area contributed by atoms with E-state index in [-0.39, 0.29) is 23.7 Å². The Morgan fingerprint density at radius 3 is 1.59 bits per heavy atom. The molecule has 5 nitrogen and oxygen atoms in total. The summed E-state index contributed by atoms with van der Waals surface area (Å²) in [5.74, 6) is -1.69. The van der Waals surface area contributed by atoms with Gasteiger partial charge in [-0.1, -0.05) is 55.1 Å². The van der Waals surface area contributed by atoms with E-state index in [1.807, 2.05) is 24.3 Å². The van der Waals surface area contributed by atoms with Crippen LogP contribution in [0.1, 0.15) is 34.1 Å². The SMILES string of the molecule is C=CC(=O)Oc1ccc(N2C(=O)[C@@H]3C4c5ccccc5C(c5ccccc54)[C@@H]3C2=O)cc1. The van der Waals surface area contributed by atoms with Gasteiger partial charge in [0.15, 0.2) is 0 Å². The topological polar surface area (TPSA) is 63.7 Å². The van der Waals surface area contributed by atoms with Crippen LogP contribution in [-0.4, -0.2) is 17.8 Å². The molecule has 0 unspecified atom stereocenters. The first kappa shape index (κ1) is 18.8. The first-order valence-corrected chi connectivity index (χ1v) is 10.6. The maximum Gasteiger partial charge on any atom is 0.335 e. The molecule has 2 bridgehead atoms. The van der Waals surface area contributed by atoms with Gasteiger partial charge < -0.3 is 4.74 Å². The minimum absolute atomic E-state index is 0.133. The van der Waals surface area contributed by atoms with Gasteiger partial charge in [0.25, 0.3) is 0 Å². The number of nitrogens with zero attached hydrogens (tertiary/aromatic N) is 1. The number of ether oxygens (including phenoxy) is 1. The Morgan fingerprint density at radius 2 is 1.19 bits per heavy atom. The number of rotatable bonds is 3. The van der Waals surface area contributed by atoms with Gasteiger partial charge >= 0.3 is 5.97 Å². The van der Waals surface area contributed by atoms with Crippen molar-refractivity contribution in [2.45, 2.75) is 11.8 Å². The minimum atomic E-state index is -0.566. The normalized spacial score (nSPS) is 24.6. The van der Waals surface area contributed by atoms with Crippen molar-refractivity contribution in [2.24, 2.45) is 11.8 Å². The molecule has 156 valence electrons. The minimum Gasteiger partial charge on any atom is -0.423 e. The average Bonchev–Trinajstić information content (AvgIpc) is 3.10. The van der Waals surface area contributed by atoms with Crippen LogP contribution in [-0.2, 0) is 14.4 Å². The molecule has 0 N–H and O–H groups in total. The molecule has 2 atom stereocenters. The second-order valence-electron chi connectivity index (χ2n) is 8.40. The lowest BCUT2D eigenvalue weighted by Crippen LogP contribution is -2.41. The molecule has 3 aromatic carbocycles. The zero-order valence-electron chi connectivity index (χ0n) is 17.1. The van der Waals surface area contributed by atoms with Crippen LogP contribution >= 0.6 is 0 Å². The van der Waals surface area contributed by atoms with E-state index in [2.05, 4.69) is 30.8 Å². The fraction of sp³-hybridized carbons (Fsp3) is 0.148. The van der Waals surface area contributed by atoms with Crippen LogP contribution in [0, 0.1) is 11.8 Å². The Morgan fingerprint density at radius 1 is 0.750 bits per heavy atom. The molecule has 1 saturated heterocycles. The first-order chi connectivity index (χ1) is 15.6. The molecule has 1 heterocycles. The largest absolute Gasteiger partial charge is 0.423 e. The van der Waals surface area contributed by atoms with Crippen LogP contribution in [0.4, 0.5) is 5.69 Å². The third kappa shape index (κ3) is 2.42. The van der Waals surface area contributed by atoms with Gasteiger partial charge in [-0.25, -0.2) is 9.69 Å². The van der Waals surface area contributed by atoms with Crippen LogP contribution in [0.3, 0.4) is 0 Å². The second kappa shape index (κ2) is 6.76. The maximum atomic E-state index is 13.7. The Labute approximate surface area is 184 Å². The third-order valence-corrected chi connectivity index (χ3v) is 6.93. The van der Waals surface area contributed by atoms with Crippen LogP contribution in [0.5, 0.6) is 5.75 Å². The summed E-state index contributed by atoms with van der Waals surface area (Å²) in [6, 6.07) is 22.8. The molecule has 32 heavy (non-hydrogen) atoms. The number of imide groups is 1. The van der Waals surface area contributed by atoms with Gasteiger partial charge in [-0.15, -0.1) is 0 Å². The number of carbonyl (C=O) groups excluding carboxylic acids is 3. The molecular formula is C27H19NO4. The molecule has 5 heteroatoms. The molecule has 2 amide bonds. The van der Waals surface area contributed by atoms with E-state index in [1.54, 1.807) is 24.3 Å². The number of esters is 1. The van der Waals surface area contributed by atoms with E-state index in [1.165, 1.54) is 4.90 Å². The number of hydrogen-bond donors (Lipinski definition) is 0. The van der Waals surface area contributed by atoms with Crippen molar-refractivity contribution in [3.8, 4) is 5.75 Å². The second-order valence-corrected chi connectivity index (χ2v) is 8.40. The predicted molar refractivity (Wildman–Crippen MR) is 118 cm³/mol. The van der Waals surface area contributed by atoms with Gasteiger partial charge in [0.1, 0.15) is 5.75 Å². The summed E-state index contributed by atoms with van der Waals surface area (Å²) in [5, 5.41) is 0. The van der Waals surface area contributed by atoms with E-state index >= 15 is 0 Å². The lowest BCUT2D eigenvalue weighted by atomic mass is 9.55. The summed E-state index contributed by atoms with van der Waals surface area (Å²) in [5.41, 5.74) is 5.07. The van der Waals surface area contributed by atoms with E-state index in [4.69, 9.17) is 4.74 Å². The van der Waals surface area contributed by atoms with Gasteiger partial charge in [0.2, 0.25) is 11.8 Å². The summed E-state index contributed by atoms with van der Waals surface area (Å²) in [7, 11) is 0. The summed E-state index contributed by atoms with van der Waals surface area (Å²) in [6.07, 6.45) is 1.08. The molecule has 4 aliphatic rings. The van der Waals surface area contributed by atoms with Gasteiger partial charge in [0.05, 0.1) is 17.5 Å². The molecule has 0 saturated carbocycles. The van der Waals surface area contributed by atoms with Crippen molar-refractivity contribution in [1.29, 1.82) is 0 Å². The van der Waals surface area contributed by atoms with Gasteiger partial charge in [-0.2, -0.15) is 0 Å². The molecule has 1 fully saturated rings. The Kier molecular flexibility index (Phi) is 3.96. The van der Waals surface area contributed by atoms with Crippen molar-refractivity contribution in [2.75, 3.05) is 4.90 Å². The number of carbonyl (C=O) groups is 3. The molecule has 0 spiro atoms. The summed E-state index contributed by atoms with van der Waals surface area (Å²) in [4.78, 5) is 40.1. The zero-order chi connectivity index (χ0) is 22.0. The quantitative estimate of drug-likeness (QED) is 0.276. The van der Waals surface area contributed by atoms with Gasteiger partial charge in [0, 0.05) is 17.9 Å². The smallest absolute Gasteiger partial charge is 0.335 e. The van der Waals surface area contributed by atoms with Crippen LogP contribution in [0.15, 0.2) is 85.5 Å². The lowest BCUT2D eigenvalue weighted by Gasteiger charge is -2.45. The Hall–Kier alpha value is -3.99. The number of benzene rings is 3. The molecule has 3 aromatic rings. The Bertz CT molecular complexity index is 1190. The standard InChI is InChI=1S/C27H19NO4/c1-2-21(29)32-16-13-11-15(12-14-16)28-26(30)24-22-17-7-3-4-8-18(17)23(25(24)27(28)31)20-10-6-5-9-19(20)22/h2-14,22-25H,1H2/t22?,23?,24-,25+. The molecule has 7 rings (SSSR count). The van der Waals surface area contributed by atoms with E-state index < -0.39 is 17.8 Å². The molecule has 0 radical (unpaired) electrons. The van der Waals surface area contributed by atoms with Crippen molar-refractivity contribution in [3.63, 3.8) is 0 Å². The third-order valence-electron chi connectivity index (χ3n) is 6.93. The molecular weight excluding hydrogens is 402 g/mol. The van der Waals surface area contributed by atoms with E-state index in [0.717, 1.165) is 28.3 Å². The Balaban J connectivity index is 1.43. The predicted octanol–water partition coefficient (Wildman–Crippen LogP) is 4.17. The highest BCUT2D eigenvalue weighted by molar-refractivity contribution is 6.23. The van der Waals surface area contributed by atoms with Crippen molar-refractivity contribution in [1.82, 2.24) is 0 Å². The maximum absolute atomic E-state index is 13.7. The van der Waals surface area contributed by atoms with Crippen LogP contribution in [0.2, 0.25) is 0 Å². The van der Waals surface area contributed by atoms with Crippen LogP contribution in [0.25, 0.3) is 0 Å². The highest BCUT2D eigenvalue weighted by Crippen LogP contribution is 2.61. The number of anilines is 1. The van der Waals surface area contributed by atoms with Crippen molar-refractivity contribution >= 4 is 23.5 Å². The van der Waals surface area contributed by atoms with E-state index in [0.29, 0.717) is 11.4 Å². The highest BCUT2D eigenvalue weighted by atomic mass is 16.5. The van der Waals surface area contributed by atoms with Gasteiger partial charge in [-0.3, -0.25) is 9.59 Å². The van der Waals surface area contributed by atoms with Crippen LogP contribution < -0.4 is 9.64 Å². The molecule has 1 aliphatic heterocycles. The fourth-order valence-corrected chi connectivity index (χ4v) is 5.75. The number of hydrogen-bond acceptors (Lipinski definition) is 4. The van der Waals surface area contributed by atoms with Crippen molar-refractivity contribution in [3.05, 3.63) is 108 Å². The number of amides is 2. The molecule has 3 aliphatic carbocycles. The van der Waals surface area contributed by atoms with E-state index in [9.17, 15) is 14.4 Å². The average molecular weight is 421 g/mol. The monoisotopic (exact) mass is 421 g/mol. The summed E-state index contributed by atoms with van der Waals surface area (Å²) < 4.78 is 5.11. The summed E-state index contributed by atoms with van der Waals surface area (Å²) >= 11 is 0. The zero-order valence-corrected chi connectivity index (χ0v) is 17.1. The van der Waals surface area contributed by atoms with Crippen molar-refractivity contribution < 1.29 is 19.1 Å². The molecule has 0 aromatic heterocycles. The highest BCUT2D eigenvalue weighted by Gasteiger charge is 2.61. The van der Waals surface area contributed by atoms with Gasteiger partial charge in [-0.05, 0) is 46.5 Å². The lowest BCUT2D eigenvalue weighted by molar-refractivity contribution is -0.129. The summed E-state index contributed by atoms with van der Waals surface area (Å²) in [6.45, 7) is 3.38.